The highest BCUT2D eigenvalue weighted by molar-refractivity contribution is 5.91. The summed E-state index contributed by atoms with van der Waals surface area (Å²) in [5.74, 6) is 1.36. The van der Waals surface area contributed by atoms with E-state index in [1.165, 1.54) is 6.26 Å². The molecule has 2 N–H and O–H groups in total. The molecule has 2 heterocycles. The lowest BCUT2D eigenvalue weighted by molar-refractivity contribution is 0.0875. The van der Waals surface area contributed by atoms with Gasteiger partial charge in [-0.15, -0.1) is 0 Å². The van der Waals surface area contributed by atoms with Gasteiger partial charge in [0.2, 0.25) is 0 Å². The van der Waals surface area contributed by atoms with Gasteiger partial charge in [-0.05, 0) is 37.6 Å². The monoisotopic (exact) mass is 291 g/mol. The van der Waals surface area contributed by atoms with Crippen LogP contribution in [0.1, 0.15) is 54.0 Å². The third-order valence-electron chi connectivity index (χ3n) is 3.39. The van der Waals surface area contributed by atoms with Crippen LogP contribution in [0.25, 0.3) is 0 Å². The molecule has 0 radical (unpaired) electrons. The highest BCUT2D eigenvalue weighted by Crippen LogP contribution is 2.19. The fraction of sp³-hybridized carbons (Fsp3) is 0.438. The normalized spacial score (nSPS) is 13.9. The van der Waals surface area contributed by atoms with Crippen molar-refractivity contribution in [3.63, 3.8) is 0 Å². The van der Waals surface area contributed by atoms with Crippen molar-refractivity contribution in [3.05, 3.63) is 47.3 Å². The Hall–Kier alpha value is -2.01. The summed E-state index contributed by atoms with van der Waals surface area (Å²) in [6.45, 7) is 5.74. The Morgan fingerprint density at radius 1 is 1.48 bits per heavy atom. The van der Waals surface area contributed by atoms with Crippen molar-refractivity contribution < 1.29 is 18.7 Å². The van der Waals surface area contributed by atoms with Gasteiger partial charge in [0.25, 0.3) is 5.91 Å². The topological polar surface area (TPSA) is 75.6 Å². The quantitative estimate of drug-likeness (QED) is 0.858. The summed E-state index contributed by atoms with van der Waals surface area (Å²) in [5, 5.41) is 12.8. The Morgan fingerprint density at radius 2 is 2.24 bits per heavy atom. The Bertz CT molecular complexity index is 585. The van der Waals surface area contributed by atoms with E-state index in [9.17, 15) is 9.90 Å². The highest BCUT2D eigenvalue weighted by atomic mass is 16.4. The summed E-state index contributed by atoms with van der Waals surface area (Å²) >= 11 is 0. The Balaban J connectivity index is 1.92. The van der Waals surface area contributed by atoms with E-state index >= 15 is 0 Å². The van der Waals surface area contributed by atoms with Gasteiger partial charge < -0.3 is 19.3 Å². The van der Waals surface area contributed by atoms with Crippen molar-refractivity contribution in [2.75, 3.05) is 0 Å². The molecular weight excluding hydrogens is 270 g/mol. The van der Waals surface area contributed by atoms with Crippen LogP contribution in [0.15, 0.2) is 33.3 Å². The van der Waals surface area contributed by atoms with Gasteiger partial charge in [0.15, 0.2) is 5.76 Å². The molecule has 0 fully saturated rings. The van der Waals surface area contributed by atoms with Gasteiger partial charge in [0, 0.05) is 18.9 Å². The van der Waals surface area contributed by atoms with Crippen molar-refractivity contribution in [2.24, 2.45) is 0 Å². The first-order valence-electron chi connectivity index (χ1n) is 7.12. The zero-order valence-corrected chi connectivity index (χ0v) is 12.6. The average molecular weight is 291 g/mol. The van der Waals surface area contributed by atoms with Crippen LogP contribution in [-0.2, 0) is 6.42 Å². The maximum Gasteiger partial charge on any atom is 0.287 e. The number of furan rings is 2. The Morgan fingerprint density at radius 3 is 2.81 bits per heavy atom. The van der Waals surface area contributed by atoms with E-state index < -0.39 is 6.10 Å². The summed E-state index contributed by atoms with van der Waals surface area (Å²) in [6, 6.07) is 4.97. The van der Waals surface area contributed by atoms with Crippen LogP contribution in [0.2, 0.25) is 0 Å². The highest BCUT2D eigenvalue weighted by Gasteiger charge is 2.19. The average Bonchev–Trinajstić information content (AvgIpc) is 3.07. The van der Waals surface area contributed by atoms with Crippen LogP contribution in [0.4, 0.5) is 0 Å². The number of aryl methyl sites for hydroxylation is 2. The summed E-state index contributed by atoms with van der Waals surface area (Å²) in [6.07, 6.45) is 1.91. The van der Waals surface area contributed by atoms with E-state index in [-0.39, 0.29) is 11.9 Å². The van der Waals surface area contributed by atoms with Gasteiger partial charge >= 0.3 is 0 Å². The number of hydrogen-bond acceptors (Lipinski definition) is 4. The molecule has 0 saturated heterocycles. The van der Waals surface area contributed by atoms with Crippen LogP contribution in [0.3, 0.4) is 0 Å². The zero-order chi connectivity index (χ0) is 15.4. The number of aliphatic hydroxyl groups is 1. The second-order valence-corrected chi connectivity index (χ2v) is 5.21. The first-order chi connectivity index (χ1) is 10.0. The molecule has 2 atom stereocenters. The van der Waals surface area contributed by atoms with Crippen LogP contribution in [0.5, 0.6) is 0 Å². The summed E-state index contributed by atoms with van der Waals surface area (Å²) in [7, 11) is 0. The molecule has 0 aliphatic carbocycles. The van der Waals surface area contributed by atoms with E-state index in [1.54, 1.807) is 18.2 Å². The van der Waals surface area contributed by atoms with E-state index in [2.05, 4.69) is 5.32 Å². The predicted octanol–water partition coefficient (Wildman–Crippen LogP) is 2.99. The van der Waals surface area contributed by atoms with Crippen LogP contribution in [0, 0.1) is 6.92 Å². The van der Waals surface area contributed by atoms with Crippen LogP contribution in [-0.4, -0.2) is 17.1 Å². The van der Waals surface area contributed by atoms with Gasteiger partial charge in [0.1, 0.15) is 17.6 Å². The fourth-order valence-corrected chi connectivity index (χ4v) is 2.27. The van der Waals surface area contributed by atoms with E-state index in [4.69, 9.17) is 8.83 Å². The Labute approximate surface area is 124 Å². The lowest BCUT2D eigenvalue weighted by Crippen LogP contribution is -2.33. The minimum atomic E-state index is -0.736. The third kappa shape index (κ3) is 3.76. The molecule has 0 aliphatic heterocycles. The molecule has 5 heteroatoms. The van der Waals surface area contributed by atoms with E-state index in [0.29, 0.717) is 17.9 Å². The number of hydrogen-bond donors (Lipinski definition) is 2. The molecule has 0 unspecified atom stereocenters. The number of carbonyl (C=O) groups excluding carboxylic acids is 1. The molecule has 114 valence electrons. The lowest BCUT2D eigenvalue weighted by Gasteiger charge is -2.15. The molecule has 2 aromatic rings. The molecule has 2 rings (SSSR count). The number of carbonyl (C=O) groups is 1. The van der Waals surface area contributed by atoms with Crippen LogP contribution >= 0.6 is 0 Å². The Kier molecular flexibility index (Phi) is 4.85. The molecule has 2 aromatic heterocycles. The van der Waals surface area contributed by atoms with Gasteiger partial charge in [-0.1, -0.05) is 6.92 Å². The summed E-state index contributed by atoms with van der Waals surface area (Å²) in [5.41, 5.74) is 0.978. The molecular formula is C16H21NO4. The SMILES string of the molecule is CCc1oc(C(=O)N[C@H](C)C[C@@H](O)c2ccco2)cc1C. The smallest absolute Gasteiger partial charge is 0.287 e. The second-order valence-electron chi connectivity index (χ2n) is 5.21. The van der Waals surface area contributed by atoms with E-state index in [1.807, 2.05) is 20.8 Å². The number of nitrogens with one attached hydrogen (secondary N) is 1. The van der Waals surface area contributed by atoms with E-state index in [0.717, 1.165) is 17.7 Å². The summed E-state index contributed by atoms with van der Waals surface area (Å²) in [4.78, 5) is 12.1. The van der Waals surface area contributed by atoms with Crippen LogP contribution < -0.4 is 5.32 Å². The minimum Gasteiger partial charge on any atom is -0.467 e. The number of amides is 1. The first kappa shape index (κ1) is 15.4. The molecule has 0 aliphatic rings. The van der Waals surface area contributed by atoms with Gasteiger partial charge in [-0.3, -0.25) is 4.79 Å². The molecule has 21 heavy (non-hydrogen) atoms. The molecule has 5 nitrogen and oxygen atoms in total. The van der Waals surface area contributed by atoms with Crippen molar-refractivity contribution in [2.45, 2.75) is 45.8 Å². The predicted molar refractivity (Wildman–Crippen MR) is 78.0 cm³/mol. The number of rotatable bonds is 6. The summed E-state index contributed by atoms with van der Waals surface area (Å²) < 4.78 is 10.6. The standard InChI is InChI=1S/C16H21NO4/c1-4-13-10(2)8-15(21-13)16(19)17-11(3)9-12(18)14-6-5-7-20-14/h5-8,11-12,18H,4,9H2,1-3H3,(H,17,19)/t11-,12-/m1/s1. The molecule has 1 amide bonds. The molecule has 0 saturated carbocycles. The second kappa shape index (κ2) is 6.63. The minimum absolute atomic E-state index is 0.201. The zero-order valence-electron chi connectivity index (χ0n) is 12.6. The fourth-order valence-electron chi connectivity index (χ4n) is 2.27. The third-order valence-corrected chi connectivity index (χ3v) is 3.39. The maximum atomic E-state index is 12.1. The first-order valence-corrected chi connectivity index (χ1v) is 7.12. The van der Waals surface area contributed by atoms with Gasteiger partial charge in [0.05, 0.1) is 6.26 Å². The van der Waals surface area contributed by atoms with Crippen molar-refractivity contribution in [1.82, 2.24) is 5.32 Å². The number of aliphatic hydroxyl groups excluding tert-OH is 1. The largest absolute Gasteiger partial charge is 0.467 e. The molecule has 0 bridgehead atoms. The van der Waals surface area contributed by atoms with Gasteiger partial charge in [-0.25, -0.2) is 0 Å². The lowest BCUT2D eigenvalue weighted by atomic mass is 10.1. The van der Waals surface area contributed by atoms with Crippen molar-refractivity contribution >= 4 is 5.91 Å². The van der Waals surface area contributed by atoms with Crippen molar-refractivity contribution in [1.29, 1.82) is 0 Å². The molecule has 0 aromatic carbocycles. The molecule has 0 spiro atoms. The van der Waals surface area contributed by atoms with Gasteiger partial charge in [-0.2, -0.15) is 0 Å². The van der Waals surface area contributed by atoms with Crippen molar-refractivity contribution in [3.8, 4) is 0 Å². The maximum absolute atomic E-state index is 12.1.